The highest BCUT2D eigenvalue weighted by atomic mass is 19.1. The van der Waals surface area contributed by atoms with Crippen molar-refractivity contribution < 1.29 is 28.9 Å². The number of aliphatic hydroxyl groups is 2. The maximum Gasteiger partial charge on any atom is 0.195 e. The zero-order chi connectivity index (χ0) is 17.8. The van der Waals surface area contributed by atoms with Crippen LogP contribution in [0.5, 0.6) is 11.5 Å². The quantitative estimate of drug-likeness (QED) is 0.688. The molecule has 1 aliphatic heterocycles. The number of halogens is 1. The molecule has 0 amide bonds. The van der Waals surface area contributed by atoms with E-state index in [1.54, 1.807) is 12.1 Å². The van der Waals surface area contributed by atoms with Crippen LogP contribution >= 0.6 is 0 Å². The van der Waals surface area contributed by atoms with Gasteiger partial charge in [-0.15, -0.1) is 0 Å². The molecule has 1 aliphatic rings. The Kier molecular flexibility index (Phi) is 5.16. The number of aliphatic hydroxyl groups excluding tert-OH is 2. The fraction of sp³-hybridized carbons (Fsp3) is 0.278. The van der Waals surface area contributed by atoms with E-state index in [-0.39, 0.29) is 12.3 Å². The summed E-state index contributed by atoms with van der Waals surface area (Å²) in [4.78, 5) is 12.8. The summed E-state index contributed by atoms with van der Waals surface area (Å²) in [7, 11) is 0. The van der Waals surface area contributed by atoms with Crippen LogP contribution in [0.2, 0.25) is 0 Å². The summed E-state index contributed by atoms with van der Waals surface area (Å²) in [6, 6.07) is 8.42. The molecule has 2 aromatic carbocycles. The molecule has 3 rings (SSSR count). The number of anilines is 1. The largest absolute Gasteiger partial charge is 0.486 e. The average Bonchev–Trinajstić information content (AvgIpc) is 2.65. The molecule has 0 saturated carbocycles. The number of nitrogens with one attached hydrogen (secondary N) is 1. The second-order valence-electron chi connectivity index (χ2n) is 5.59. The summed E-state index contributed by atoms with van der Waals surface area (Å²) in [6.07, 6.45) is -0.970. The van der Waals surface area contributed by atoms with E-state index in [9.17, 15) is 14.3 Å². The van der Waals surface area contributed by atoms with Crippen molar-refractivity contribution in [1.82, 2.24) is 0 Å². The van der Waals surface area contributed by atoms with Crippen LogP contribution in [0.15, 0.2) is 36.4 Å². The lowest BCUT2D eigenvalue weighted by molar-refractivity contribution is 0.103. The first-order chi connectivity index (χ1) is 12.1. The fourth-order valence-electron chi connectivity index (χ4n) is 2.47. The summed E-state index contributed by atoms with van der Waals surface area (Å²) in [5, 5.41) is 21.4. The molecule has 6 nitrogen and oxygen atoms in total. The van der Waals surface area contributed by atoms with Crippen molar-refractivity contribution >= 4 is 11.5 Å². The molecule has 1 unspecified atom stereocenters. The average molecular weight is 347 g/mol. The Bertz CT molecular complexity index is 763. The van der Waals surface area contributed by atoms with E-state index in [1.807, 2.05) is 0 Å². The number of rotatable bonds is 6. The van der Waals surface area contributed by atoms with Crippen molar-refractivity contribution in [3.05, 3.63) is 53.3 Å². The Morgan fingerprint density at radius 3 is 2.44 bits per heavy atom. The van der Waals surface area contributed by atoms with E-state index in [0.717, 1.165) is 0 Å². The first-order valence-electron chi connectivity index (χ1n) is 7.85. The number of carbonyl (C=O) groups is 1. The topological polar surface area (TPSA) is 88.0 Å². The van der Waals surface area contributed by atoms with Gasteiger partial charge in [0.25, 0.3) is 0 Å². The van der Waals surface area contributed by atoms with Gasteiger partial charge >= 0.3 is 0 Å². The van der Waals surface area contributed by atoms with Gasteiger partial charge in [-0.3, -0.25) is 4.79 Å². The van der Waals surface area contributed by atoms with E-state index < -0.39 is 18.5 Å². The second-order valence-corrected chi connectivity index (χ2v) is 5.59. The molecule has 0 radical (unpaired) electrons. The van der Waals surface area contributed by atoms with Crippen LogP contribution < -0.4 is 14.8 Å². The zero-order valence-electron chi connectivity index (χ0n) is 13.4. The van der Waals surface area contributed by atoms with Gasteiger partial charge in [-0.25, -0.2) is 4.39 Å². The number of ketones is 1. The summed E-state index contributed by atoms with van der Waals surface area (Å²) in [6.45, 7) is 0.433. The van der Waals surface area contributed by atoms with E-state index >= 15 is 0 Å². The Morgan fingerprint density at radius 1 is 1.16 bits per heavy atom. The third-order valence-corrected chi connectivity index (χ3v) is 3.77. The first-order valence-corrected chi connectivity index (χ1v) is 7.85. The molecule has 0 fully saturated rings. The lowest BCUT2D eigenvalue weighted by atomic mass is 10.0. The minimum atomic E-state index is -0.970. The van der Waals surface area contributed by atoms with Crippen LogP contribution in [0.25, 0.3) is 0 Å². The molecular formula is C18H18FNO5. The van der Waals surface area contributed by atoms with Crippen molar-refractivity contribution in [3.63, 3.8) is 0 Å². The van der Waals surface area contributed by atoms with Gasteiger partial charge in [0, 0.05) is 29.4 Å². The highest BCUT2D eigenvalue weighted by molar-refractivity contribution is 6.12. The lowest BCUT2D eigenvalue weighted by Gasteiger charge is -2.22. The monoisotopic (exact) mass is 347 g/mol. The molecule has 0 saturated heterocycles. The number of hydrogen-bond donors (Lipinski definition) is 3. The fourth-order valence-corrected chi connectivity index (χ4v) is 2.47. The number of hydrogen-bond acceptors (Lipinski definition) is 6. The second kappa shape index (κ2) is 7.50. The summed E-state index contributed by atoms with van der Waals surface area (Å²) in [5.41, 5.74) is 1.07. The minimum Gasteiger partial charge on any atom is -0.486 e. The third-order valence-electron chi connectivity index (χ3n) is 3.77. The number of carbonyl (C=O) groups excluding carboxylic acids is 1. The van der Waals surface area contributed by atoms with Crippen LogP contribution in [-0.4, -0.2) is 48.5 Å². The molecule has 7 heteroatoms. The standard InChI is InChI=1S/C18H18FNO5/c19-12-3-1-11(2-4-12)18(23)14-7-16-17(25-6-5-24-16)8-15(14)20-9-13(22)10-21/h1-4,7-8,13,20-22H,5-6,9-10H2. The molecule has 25 heavy (non-hydrogen) atoms. The van der Waals surface area contributed by atoms with E-state index in [1.165, 1.54) is 24.3 Å². The highest BCUT2D eigenvalue weighted by Gasteiger charge is 2.21. The normalized spacial score (nSPS) is 14.0. The van der Waals surface area contributed by atoms with Gasteiger partial charge in [-0.2, -0.15) is 0 Å². The Hall–Kier alpha value is -2.64. The molecule has 0 bridgehead atoms. The van der Waals surface area contributed by atoms with Gasteiger partial charge in [-0.1, -0.05) is 0 Å². The lowest BCUT2D eigenvalue weighted by Crippen LogP contribution is -2.24. The third kappa shape index (κ3) is 3.89. The van der Waals surface area contributed by atoms with E-state index in [0.29, 0.717) is 41.5 Å². The van der Waals surface area contributed by atoms with Gasteiger partial charge in [-0.05, 0) is 30.3 Å². The van der Waals surface area contributed by atoms with Gasteiger partial charge in [0.1, 0.15) is 19.0 Å². The number of benzene rings is 2. The van der Waals surface area contributed by atoms with Crippen molar-refractivity contribution in [3.8, 4) is 11.5 Å². The van der Waals surface area contributed by atoms with Crippen molar-refractivity contribution in [2.24, 2.45) is 0 Å². The van der Waals surface area contributed by atoms with Crippen LogP contribution in [0, 0.1) is 5.82 Å². The Labute approximate surface area is 143 Å². The van der Waals surface area contributed by atoms with Crippen LogP contribution in [0.1, 0.15) is 15.9 Å². The molecule has 0 spiro atoms. The predicted octanol–water partition coefficient (Wildman–Crippen LogP) is 1.59. The molecule has 0 aromatic heterocycles. The van der Waals surface area contributed by atoms with Crippen LogP contribution in [0.4, 0.5) is 10.1 Å². The molecule has 3 N–H and O–H groups in total. The Morgan fingerprint density at radius 2 is 1.80 bits per heavy atom. The zero-order valence-corrected chi connectivity index (χ0v) is 13.4. The number of fused-ring (bicyclic) bond motifs is 1. The smallest absolute Gasteiger partial charge is 0.195 e. The SMILES string of the molecule is O=C(c1ccc(F)cc1)c1cc2c(cc1NCC(O)CO)OCCO2. The Balaban J connectivity index is 1.96. The van der Waals surface area contributed by atoms with Crippen LogP contribution in [-0.2, 0) is 0 Å². The number of ether oxygens (including phenoxy) is 2. The molecular weight excluding hydrogens is 329 g/mol. The van der Waals surface area contributed by atoms with Gasteiger partial charge in [0.2, 0.25) is 0 Å². The van der Waals surface area contributed by atoms with E-state index in [2.05, 4.69) is 5.32 Å². The van der Waals surface area contributed by atoms with Gasteiger partial charge in [0.05, 0.1) is 12.7 Å². The first kappa shape index (κ1) is 17.2. The van der Waals surface area contributed by atoms with Crippen molar-refractivity contribution in [2.75, 3.05) is 31.7 Å². The summed E-state index contributed by atoms with van der Waals surface area (Å²) in [5.74, 6) is 0.189. The van der Waals surface area contributed by atoms with Crippen molar-refractivity contribution in [1.29, 1.82) is 0 Å². The molecule has 0 aliphatic carbocycles. The van der Waals surface area contributed by atoms with Crippen molar-refractivity contribution in [2.45, 2.75) is 6.10 Å². The van der Waals surface area contributed by atoms with Gasteiger partial charge in [0.15, 0.2) is 17.3 Å². The minimum absolute atomic E-state index is 0.0554. The molecule has 1 atom stereocenters. The van der Waals surface area contributed by atoms with E-state index in [4.69, 9.17) is 14.6 Å². The van der Waals surface area contributed by atoms with Crippen LogP contribution in [0.3, 0.4) is 0 Å². The molecule has 1 heterocycles. The highest BCUT2D eigenvalue weighted by Crippen LogP contribution is 2.36. The summed E-state index contributed by atoms with van der Waals surface area (Å²) >= 11 is 0. The molecule has 2 aromatic rings. The van der Waals surface area contributed by atoms with Gasteiger partial charge < -0.3 is 25.0 Å². The summed E-state index contributed by atoms with van der Waals surface area (Å²) < 4.78 is 24.1. The predicted molar refractivity (Wildman–Crippen MR) is 88.8 cm³/mol. The maximum atomic E-state index is 13.1. The molecule has 132 valence electrons. The maximum absolute atomic E-state index is 13.1.